The molecule has 3 rings (SSSR count). The summed E-state index contributed by atoms with van der Waals surface area (Å²) in [6.07, 6.45) is 0. The molecule has 1 saturated heterocycles. The summed E-state index contributed by atoms with van der Waals surface area (Å²) in [6, 6.07) is 7.64. The third-order valence-electron chi connectivity index (χ3n) is 4.40. The van der Waals surface area contributed by atoms with Crippen molar-refractivity contribution in [1.29, 1.82) is 0 Å². The van der Waals surface area contributed by atoms with Crippen molar-refractivity contribution in [3.05, 3.63) is 34.7 Å². The van der Waals surface area contributed by atoms with Crippen LogP contribution in [-0.4, -0.2) is 18.3 Å². The molecule has 2 heterocycles. The standard InChI is InChI=1S/C16H19BClNO2S/c1-15(2)16(3,4)21-17(20-15)10-7-14(22-9-10)12-6-5-11(19)8-13(12)18/h5-9H,19H2,1-4H3. The van der Waals surface area contributed by atoms with Gasteiger partial charge in [0, 0.05) is 16.1 Å². The third-order valence-corrected chi connectivity index (χ3v) is 5.70. The van der Waals surface area contributed by atoms with Gasteiger partial charge in [-0.3, -0.25) is 0 Å². The van der Waals surface area contributed by atoms with Gasteiger partial charge in [0.2, 0.25) is 0 Å². The van der Waals surface area contributed by atoms with E-state index >= 15 is 0 Å². The van der Waals surface area contributed by atoms with Gasteiger partial charge in [0.05, 0.1) is 16.2 Å². The molecule has 0 amide bonds. The van der Waals surface area contributed by atoms with Gasteiger partial charge in [-0.2, -0.15) is 0 Å². The minimum atomic E-state index is -0.345. The van der Waals surface area contributed by atoms with Crippen molar-refractivity contribution < 1.29 is 9.31 Å². The van der Waals surface area contributed by atoms with Crippen LogP contribution >= 0.6 is 22.9 Å². The Labute approximate surface area is 140 Å². The van der Waals surface area contributed by atoms with Crippen LogP contribution in [0.5, 0.6) is 0 Å². The quantitative estimate of drug-likeness (QED) is 0.667. The molecule has 1 fully saturated rings. The zero-order valence-corrected chi connectivity index (χ0v) is 14.7. The summed E-state index contributed by atoms with van der Waals surface area (Å²) < 4.78 is 12.2. The number of nitrogens with two attached hydrogens (primary N) is 1. The molecule has 2 aromatic rings. The Kier molecular flexibility index (Phi) is 3.80. The fraction of sp³-hybridized carbons (Fsp3) is 0.375. The molecule has 1 aromatic carbocycles. The monoisotopic (exact) mass is 335 g/mol. The molecule has 116 valence electrons. The van der Waals surface area contributed by atoms with Gasteiger partial charge < -0.3 is 15.0 Å². The molecule has 0 aliphatic carbocycles. The summed E-state index contributed by atoms with van der Waals surface area (Å²) in [5, 5.41) is 2.71. The van der Waals surface area contributed by atoms with Crippen LogP contribution in [0.3, 0.4) is 0 Å². The molecule has 0 bridgehead atoms. The number of anilines is 1. The Morgan fingerprint density at radius 1 is 1.09 bits per heavy atom. The lowest BCUT2D eigenvalue weighted by atomic mass is 9.81. The molecule has 3 nitrogen and oxygen atoms in total. The number of rotatable bonds is 2. The van der Waals surface area contributed by atoms with Crippen molar-refractivity contribution in [2.24, 2.45) is 0 Å². The van der Waals surface area contributed by atoms with Gasteiger partial charge in [-0.1, -0.05) is 17.7 Å². The summed E-state index contributed by atoms with van der Waals surface area (Å²) in [6.45, 7) is 8.21. The molecule has 6 heteroatoms. The average molecular weight is 336 g/mol. The lowest BCUT2D eigenvalue weighted by Crippen LogP contribution is -2.41. The van der Waals surface area contributed by atoms with E-state index < -0.39 is 0 Å². The topological polar surface area (TPSA) is 44.5 Å². The Morgan fingerprint density at radius 3 is 2.32 bits per heavy atom. The fourth-order valence-electron chi connectivity index (χ4n) is 2.33. The van der Waals surface area contributed by atoms with E-state index in [9.17, 15) is 0 Å². The molecule has 0 unspecified atom stereocenters. The summed E-state index contributed by atoms with van der Waals surface area (Å²) in [5.74, 6) is 0. The number of hydrogen-bond acceptors (Lipinski definition) is 4. The first-order valence-electron chi connectivity index (χ1n) is 7.19. The van der Waals surface area contributed by atoms with Gasteiger partial charge in [0.15, 0.2) is 0 Å². The molecule has 1 aliphatic rings. The highest BCUT2D eigenvalue weighted by atomic mass is 35.5. The number of benzene rings is 1. The average Bonchev–Trinajstić information content (AvgIpc) is 2.93. The van der Waals surface area contributed by atoms with Crippen molar-refractivity contribution in [2.45, 2.75) is 38.9 Å². The van der Waals surface area contributed by atoms with Crippen molar-refractivity contribution in [3.8, 4) is 10.4 Å². The maximum absolute atomic E-state index is 6.29. The Balaban J connectivity index is 1.89. The summed E-state index contributed by atoms with van der Waals surface area (Å²) >= 11 is 7.91. The third kappa shape index (κ3) is 2.67. The predicted octanol–water partition coefficient (Wildman–Crippen LogP) is 3.95. The Hall–Kier alpha value is -1.01. The van der Waals surface area contributed by atoms with Crippen LogP contribution in [0.15, 0.2) is 29.6 Å². The maximum atomic E-state index is 6.29. The van der Waals surface area contributed by atoms with E-state index in [1.165, 1.54) is 0 Å². The fourth-order valence-corrected chi connectivity index (χ4v) is 3.62. The van der Waals surface area contributed by atoms with E-state index in [0.717, 1.165) is 15.9 Å². The second-order valence-corrected chi connectivity index (χ2v) is 7.89. The first-order chi connectivity index (χ1) is 10.2. The number of hydrogen-bond donors (Lipinski definition) is 1. The van der Waals surface area contributed by atoms with Crippen LogP contribution in [0.4, 0.5) is 5.69 Å². The molecular weight excluding hydrogens is 317 g/mol. The molecule has 1 aromatic heterocycles. The van der Waals surface area contributed by atoms with Crippen molar-refractivity contribution in [1.82, 2.24) is 0 Å². The smallest absolute Gasteiger partial charge is 0.399 e. The molecule has 0 saturated carbocycles. The van der Waals surface area contributed by atoms with Gasteiger partial charge in [-0.15, -0.1) is 11.3 Å². The molecular formula is C16H19BClNO2S. The number of halogens is 1. The van der Waals surface area contributed by atoms with Crippen LogP contribution in [0.2, 0.25) is 5.02 Å². The van der Waals surface area contributed by atoms with Crippen LogP contribution in [-0.2, 0) is 9.31 Å². The molecule has 0 spiro atoms. The minimum absolute atomic E-state index is 0.335. The minimum Gasteiger partial charge on any atom is -0.399 e. The maximum Gasteiger partial charge on any atom is 0.495 e. The van der Waals surface area contributed by atoms with E-state index in [1.807, 2.05) is 12.1 Å². The number of nitrogen functional groups attached to an aromatic ring is 1. The lowest BCUT2D eigenvalue weighted by Gasteiger charge is -2.32. The first kappa shape index (κ1) is 15.9. The summed E-state index contributed by atoms with van der Waals surface area (Å²) in [5.41, 5.74) is 7.74. The zero-order chi connectivity index (χ0) is 16.1. The van der Waals surface area contributed by atoms with Crippen molar-refractivity contribution in [3.63, 3.8) is 0 Å². The molecule has 22 heavy (non-hydrogen) atoms. The van der Waals surface area contributed by atoms with Gasteiger partial charge in [0.1, 0.15) is 0 Å². The zero-order valence-electron chi connectivity index (χ0n) is 13.1. The highest BCUT2D eigenvalue weighted by molar-refractivity contribution is 7.14. The van der Waals surface area contributed by atoms with Crippen LogP contribution in [0.1, 0.15) is 27.7 Å². The van der Waals surface area contributed by atoms with E-state index in [4.69, 9.17) is 26.6 Å². The van der Waals surface area contributed by atoms with E-state index in [-0.39, 0.29) is 18.3 Å². The first-order valence-corrected chi connectivity index (χ1v) is 8.45. The van der Waals surface area contributed by atoms with Gasteiger partial charge in [0.25, 0.3) is 0 Å². The summed E-state index contributed by atoms with van der Waals surface area (Å²) in [7, 11) is -0.345. The Morgan fingerprint density at radius 2 is 1.73 bits per heavy atom. The van der Waals surface area contributed by atoms with Crippen LogP contribution in [0.25, 0.3) is 10.4 Å². The second kappa shape index (κ2) is 5.27. The van der Waals surface area contributed by atoms with E-state index in [2.05, 4.69) is 39.1 Å². The predicted molar refractivity (Wildman–Crippen MR) is 94.9 cm³/mol. The molecule has 0 atom stereocenters. The molecule has 2 N–H and O–H groups in total. The highest BCUT2D eigenvalue weighted by Gasteiger charge is 2.51. The largest absolute Gasteiger partial charge is 0.495 e. The lowest BCUT2D eigenvalue weighted by molar-refractivity contribution is 0.00578. The molecule has 0 radical (unpaired) electrons. The van der Waals surface area contributed by atoms with E-state index in [1.54, 1.807) is 17.4 Å². The van der Waals surface area contributed by atoms with Crippen LogP contribution < -0.4 is 11.2 Å². The van der Waals surface area contributed by atoms with Gasteiger partial charge in [-0.05, 0) is 56.7 Å². The summed E-state index contributed by atoms with van der Waals surface area (Å²) in [4.78, 5) is 1.08. The van der Waals surface area contributed by atoms with Crippen LogP contribution in [0, 0.1) is 0 Å². The Bertz CT molecular complexity index is 698. The normalized spacial score (nSPS) is 19.6. The van der Waals surface area contributed by atoms with Gasteiger partial charge in [-0.25, -0.2) is 0 Å². The second-order valence-electron chi connectivity index (χ2n) is 6.57. The van der Waals surface area contributed by atoms with Gasteiger partial charge >= 0.3 is 7.12 Å². The highest BCUT2D eigenvalue weighted by Crippen LogP contribution is 2.38. The van der Waals surface area contributed by atoms with Crippen molar-refractivity contribution in [2.75, 3.05) is 5.73 Å². The number of thiophene rings is 1. The SMILES string of the molecule is CC1(C)OB(c2csc(-c3ccc(N)cc3Cl)c2)OC1(C)C. The van der Waals surface area contributed by atoms with Crippen molar-refractivity contribution >= 4 is 41.2 Å². The van der Waals surface area contributed by atoms with E-state index in [0.29, 0.717) is 10.7 Å². The molecule has 1 aliphatic heterocycles.